The molecule has 1 rings (SSSR count). The highest BCUT2D eigenvalue weighted by molar-refractivity contribution is 7.09. The lowest BCUT2D eigenvalue weighted by Crippen LogP contribution is -1.96. The number of ether oxygens (including phenoxy) is 1. The molecule has 4 nitrogen and oxygen atoms in total. The number of carboxylic acids is 1. The van der Waals surface area contributed by atoms with Gasteiger partial charge in [-0.3, -0.25) is 0 Å². The third-order valence-corrected chi connectivity index (χ3v) is 2.84. The van der Waals surface area contributed by atoms with Gasteiger partial charge in [-0.15, -0.1) is 11.3 Å². The topological polar surface area (TPSA) is 59.4 Å². The maximum absolute atomic E-state index is 10.4. The van der Waals surface area contributed by atoms with Gasteiger partial charge in [0, 0.05) is 18.6 Å². The molecule has 0 saturated heterocycles. The molecule has 18 heavy (non-hydrogen) atoms. The number of nitrogens with zero attached hydrogens (tertiary/aromatic N) is 1. The molecule has 1 heterocycles. The molecule has 0 atom stereocenters. The number of hydrogen-bond donors (Lipinski definition) is 1. The van der Waals surface area contributed by atoms with E-state index in [0.29, 0.717) is 0 Å². The Balaban J connectivity index is 0.000000360. The summed E-state index contributed by atoms with van der Waals surface area (Å²) in [6.45, 7) is 8.13. The van der Waals surface area contributed by atoms with Gasteiger partial charge < -0.3 is 9.84 Å². The lowest BCUT2D eigenvalue weighted by atomic mass is 10.3. The third kappa shape index (κ3) is 8.20. The smallest absolute Gasteiger partial charge is 0.355 e. The Bertz CT molecular complexity index is 322. The van der Waals surface area contributed by atoms with Crippen molar-refractivity contribution in [3.8, 4) is 0 Å². The maximum atomic E-state index is 10.4. The molecule has 104 valence electrons. The van der Waals surface area contributed by atoms with E-state index >= 15 is 0 Å². The van der Waals surface area contributed by atoms with E-state index in [1.165, 1.54) is 11.3 Å². The van der Waals surface area contributed by atoms with Crippen LogP contribution in [0.25, 0.3) is 0 Å². The Morgan fingerprint density at radius 1 is 1.28 bits per heavy atom. The number of carboxylic acid groups (broad SMARTS) is 1. The van der Waals surface area contributed by atoms with E-state index in [2.05, 4.69) is 18.8 Å². The molecule has 0 radical (unpaired) electrons. The molecule has 5 heteroatoms. The van der Waals surface area contributed by atoms with Crippen LogP contribution in [0.4, 0.5) is 0 Å². The second-order valence-electron chi connectivity index (χ2n) is 3.79. The first-order chi connectivity index (χ1) is 8.65. The zero-order valence-corrected chi connectivity index (χ0v) is 12.3. The van der Waals surface area contributed by atoms with Crippen molar-refractivity contribution >= 4 is 17.3 Å². The highest BCUT2D eigenvalue weighted by Gasteiger charge is 2.06. The summed E-state index contributed by atoms with van der Waals surface area (Å²) in [5.41, 5.74) is 0.165. The number of thiazole rings is 1. The Labute approximate surface area is 113 Å². The van der Waals surface area contributed by atoms with Crippen LogP contribution in [0.15, 0.2) is 5.38 Å². The van der Waals surface area contributed by atoms with Crippen molar-refractivity contribution in [1.29, 1.82) is 0 Å². The van der Waals surface area contributed by atoms with Gasteiger partial charge in [-0.1, -0.05) is 20.8 Å². The summed E-state index contributed by atoms with van der Waals surface area (Å²) >= 11 is 1.41. The Kier molecular flexibility index (Phi) is 10.6. The Morgan fingerprint density at radius 3 is 2.28 bits per heavy atom. The van der Waals surface area contributed by atoms with Gasteiger partial charge in [0.05, 0.1) is 5.01 Å². The number of rotatable bonds is 7. The van der Waals surface area contributed by atoms with Crippen LogP contribution in [0.1, 0.15) is 55.5 Å². The van der Waals surface area contributed by atoms with Crippen molar-refractivity contribution < 1.29 is 14.6 Å². The molecule has 0 aliphatic carbocycles. The molecule has 1 aromatic heterocycles. The summed E-state index contributed by atoms with van der Waals surface area (Å²) in [5.74, 6) is -0.941. The standard InChI is InChI=1S/C7H9NO2S.C6H14O/c1-2-3-6-8-5(4-11-6)7(9)10;1-3-5-7-6-4-2/h4H,2-3H2,1H3,(H,9,10);3-6H2,1-2H3. The molecule has 0 amide bonds. The van der Waals surface area contributed by atoms with Crippen molar-refractivity contribution in [2.75, 3.05) is 13.2 Å². The van der Waals surface area contributed by atoms with Crippen LogP contribution in [0.2, 0.25) is 0 Å². The molecular weight excluding hydrogens is 250 g/mol. The summed E-state index contributed by atoms with van der Waals surface area (Å²) in [5, 5.41) is 11.0. The van der Waals surface area contributed by atoms with Crippen molar-refractivity contribution in [3.63, 3.8) is 0 Å². The van der Waals surface area contributed by atoms with E-state index in [1.54, 1.807) is 5.38 Å². The van der Waals surface area contributed by atoms with Gasteiger partial charge in [0.15, 0.2) is 5.69 Å². The fourth-order valence-corrected chi connectivity index (χ4v) is 2.00. The quantitative estimate of drug-likeness (QED) is 0.771. The summed E-state index contributed by atoms with van der Waals surface area (Å²) in [6.07, 6.45) is 4.16. The predicted molar refractivity (Wildman–Crippen MR) is 74.5 cm³/mol. The lowest BCUT2D eigenvalue weighted by Gasteiger charge is -1.95. The minimum Gasteiger partial charge on any atom is -0.476 e. The summed E-state index contributed by atoms with van der Waals surface area (Å²) in [4.78, 5) is 14.3. The highest BCUT2D eigenvalue weighted by Crippen LogP contribution is 2.11. The number of hydrogen-bond acceptors (Lipinski definition) is 4. The molecule has 0 aliphatic rings. The van der Waals surface area contributed by atoms with Crippen molar-refractivity contribution in [2.45, 2.75) is 46.5 Å². The van der Waals surface area contributed by atoms with Crippen LogP contribution < -0.4 is 0 Å². The molecule has 0 unspecified atom stereocenters. The summed E-state index contributed by atoms with van der Waals surface area (Å²) in [6, 6.07) is 0. The molecule has 0 aromatic carbocycles. The third-order valence-electron chi connectivity index (χ3n) is 1.93. The van der Waals surface area contributed by atoms with Crippen LogP contribution in [-0.2, 0) is 11.2 Å². The minimum absolute atomic E-state index is 0.165. The number of carbonyl (C=O) groups is 1. The van der Waals surface area contributed by atoms with Crippen molar-refractivity contribution in [3.05, 3.63) is 16.1 Å². The first-order valence-electron chi connectivity index (χ1n) is 6.41. The minimum atomic E-state index is -0.941. The van der Waals surface area contributed by atoms with E-state index in [0.717, 1.165) is 43.9 Å². The van der Waals surface area contributed by atoms with E-state index in [-0.39, 0.29) is 5.69 Å². The second-order valence-corrected chi connectivity index (χ2v) is 4.74. The number of aromatic carboxylic acids is 1. The SMILES string of the molecule is CCCOCCC.CCCc1nc(C(=O)O)cs1. The zero-order chi connectivity index (χ0) is 13.8. The van der Waals surface area contributed by atoms with E-state index < -0.39 is 5.97 Å². The molecule has 1 aromatic rings. The van der Waals surface area contributed by atoms with E-state index in [1.807, 2.05) is 6.92 Å². The van der Waals surface area contributed by atoms with Gasteiger partial charge in [0.1, 0.15) is 0 Å². The van der Waals surface area contributed by atoms with Gasteiger partial charge in [-0.05, 0) is 25.7 Å². The van der Waals surface area contributed by atoms with Gasteiger partial charge >= 0.3 is 5.97 Å². The van der Waals surface area contributed by atoms with Crippen LogP contribution in [-0.4, -0.2) is 29.3 Å². The van der Waals surface area contributed by atoms with Crippen LogP contribution in [0, 0.1) is 0 Å². The molecule has 0 saturated carbocycles. The fourth-order valence-electron chi connectivity index (χ4n) is 1.13. The first-order valence-corrected chi connectivity index (χ1v) is 7.29. The maximum Gasteiger partial charge on any atom is 0.355 e. The lowest BCUT2D eigenvalue weighted by molar-refractivity contribution is 0.0691. The van der Waals surface area contributed by atoms with E-state index in [4.69, 9.17) is 9.84 Å². The largest absolute Gasteiger partial charge is 0.476 e. The Morgan fingerprint density at radius 2 is 1.89 bits per heavy atom. The van der Waals surface area contributed by atoms with Crippen molar-refractivity contribution in [1.82, 2.24) is 4.98 Å². The number of aryl methyl sites for hydroxylation is 1. The first kappa shape index (κ1) is 17.1. The zero-order valence-electron chi connectivity index (χ0n) is 11.4. The summed E-state index contributed by atoms with van der Waals surface area (Å²) in [7, 11) is 0. The summed E-state index contributed by atoms with van der Waals surface area (Å²) < 4.78 is 5.13. The molecule has 0 fully saturated rings. The van der Waals surface area contributed by atoms with Crippen LogP contribution in [0.3, 0.4) is 0 Å². The normalized spacial score (nSPS) is 9.72. The van der Waals surface area contributed by atoms with Gasteiger partial charge in [-0.2, -0.15) is 0 Å². The predicted octanol–water partition coefficient (Wildman–Crippen LogP) is 3.62. The molecule has 1 N–H and O–H groups in total. The van der Waals surface area contributed by atoms with Gasteiger partial charge in [0.2, 0.25) is 0 Å². The molecule has 0 bridgehead atoms. The molecule has 0 aliphatic heterocycles. The molecular formula is C13H23NO3S. The van der Waals surface area contributed by atoms with E-state index in [9.17, 15) is 4.79 Å². The fraction of sp³-hybridized carbons (Fsp3) is 0.692. The van der Waals surface area contributed by atoms with Gasteiger partial charge in [-0.25, -0.2) is 9.78 Å². The van der Waals surface area contributed by atoms with Gasteiger partial charge in [0.25, 0.3) is 0 Å². The Hall–Kier alpha value is -0.940. The average Bonchev–Trinajstić information content (AvgIpc) is 2.80. The van der Waals surface area contributed by atoms with Crippen LogP contribution >= 0.6 is 11.3 Å². The second kappa shape index (κ2) is 11.2. The van der Waals surface area contributed by atoms with Crippen molar-refractivity contribution in [2.24, 2.45) is 0 Å². The van der Waals surface area contributed by atoms with Crippen LogP contribution in [0.5, 0.6) is 0 Å². The monoisotopic (exact) mass is 273 g/mol. The number of aromatic nitrogens is 1. The highest BCUT2D eigenvalue weighted by atomic mass is 32.1. The average molecular weight is 273 g/mol. The molecule has 0 spiro atoms.